The van der Waals surface area contributed by atoms with Crippen molar-refractivity contribution < 1.29 is 14.0 Å². The van der Waals surface area contributed by atoms with Gasteiger partial charge >= 0.3 is 8.25 Å². The van der Waals surface area contributed by atoms with Crippen molar-refractivity contribution in [2.45, 2.75) is 25.4 Å². The molecule has 0 aliphatic rings. The molecule has 0 radical (unpaired) electrons. The topological polar surface area (TPSA) is 46.5 Å². The van der Waals surface area contributed by atoms with E-state index in [1.165, 1.54) is 0 Å². The van der Waals surface area contributed by atoms with Crippen LogP contribution in [0.1, 0.15) is 19.8 Å². The first-order chi connectivity index (χ1) is 6.48. The Balaban J connectivity index is 4.73. The largest absolute Gasteiger partial charge is 0.326 e. The average Bonchev–Trinajstić information content (AvgIpc) is 2.03. The van der Waals surface area contributed by atoms with Crippen LogP contribution >= 0.6 is 31.5 Å². The summed E-state index contributed by atoms with van der Waals surface area (Å²) in [5, 5.41) is 0. The predicted molar refractivity (Wildman–Crippen MR) is 60.5 cm³/mol. The molecular formula is C8H15Cl2O3P. The van der Waals surface area contributed by atoms with Crippen LogP contribution in [-0.2, 0) is 9.09 Å². The number of halogens is 2. The smallest absolute Gasteiger partial charge is 0.317 e. The van der Waals surface area contributed by atoms with Crippen molar-refractivity contribution in [3.63, 3.8) is 0 Å². The van der Waals surface area contributed by atoms with Crippen LogP contribution in [0.2, 0.25) is 0 Å². The van der Waals surface area contributed by atoms with Crippen LogP contribution in [0, 0.1) is 0 Å². The summed E-state index contributed by atoms with van der Waals surface area (Å²) >= 11 is 11.2. The van der Waals surface area contributed by atoms with Crippen LogP contribution in [-0.4, -0.2) is 22.3 Å². The lowest BCUT2D eigenvalue weighted by Gasteiger charge is -2.32. The molecule has 0 aromatic rings. The molecule has 0 aromatic heterocycles. The van der Waals surface area contributed by atoms with E-state index in [1.807, 2.05) is 0 Å². The number of alkyl halides is 2. The lowest BCUT2D eigenvalue weighted by Crippen LogP contribution is -2.32. The Morgan fingerprint density at radius 1 is 1.50 bits per heavy atom. The van der Waals surface area contributed by atoms with Gasteiger partial charge in [0.15, 0.2) is 0 Å². The first-order valence-corrected chi connectivity index (χ1v) is 6.51. The van der Waals surface area contributed by atoms with Gasteiger partial charge in [-0.2, -0.15) is 0 Å². The minimum atomic E-state index is -3.01. The summed E-state index contributed by atoms with van der Waals surface area (Å²) in [5.41, 5.74) is -0.180. The number of hydrogen-bond acceptors (Lipinski definition) is 2. The summed E-state index contributed by atoms with van der Waals surface area (Å²) in [6, 6.07) is 0. The molecule has 0 aliphatic carbocycles. The van der Waals surface area contributed by atoms with Gasteiger partial charge in [-0.3, -0.25) is 9.09 Å². The minimum absolute atomic E-state index is 0.332. The van der Waals surface area contributed by atoms with Gasteiger partial charge in [0.25, 0.3) is 0 Å². The molecule has 0 saturated carbocycles. The van der Waals surface area contributed by atoms with Crippen LogP contribution in [0.15, 0.2) is 12.2 Å². The molecule has 1 unspecified atom stereocenters. The van der Waals surface area contributed by atoms with Gasteiger partial charge in [-0.05, 0) is 25.3 Å². The Bertz CT molecular complexity index is 215. The average molecular weight is 261 g/mol. The summed E-state index contributed by atoms with van der Waals surface area (Å²) < 4.78 is 15.7. The zero-order valence-electron chi connectivity index (χ0n) is 8.06. The molecule has 0 amide bonds. The summed E-state index contributed by atoms with van der Waals surface area (Å²) in [6.07, 6.45) is 0.876. The second kappa shape index (κ2) is 6.86. The Kier molecular flexibility index (Phi) is 7.09. The van der Waals surface area contributed by atoms with Gasteiger partial charge in [-0.15, -0.1) is 23.2 Å². The van der Waals surface area contributed by atoms with Crippen molar-refractivity contribution in [1.82, 2.24) is 0 Å². The van der Waals surface area contributed by atoms with Gasteiger partial charge in [0, 0.05) is 11.8 Å². The van der Waals surface area contributed by atoms with Crippen molar-refractivity contribution in [3.8, 4) is 0 Å². The van der Waals surface area contributed by atoms with Crippen LogP contribution in [0.5, 0.6) is 0 Å². The second-order valence-electron chi connectivity index (χ2n) is 3.02. The fourth-order valence-electron chi connectivity index (χ4n) is 1.21. The first-order valence-electron chi connectivity index (χ1n) is 4.18. The molecule has 0 aliphatic heterocycles. The van der Waals surface area contributed by atoms with E-state index < -0.39 is 13.9 Å². The van der Waals surface area contributed by atoms with Crippen LogP contribution in [0.4, 0.5) is 0 Å². The van der Waals surface area contributed by atoms with E-state index in [9.17, 15) is 4.57 Å². The van der Waals surface area contributed by atoms with Crippen molar-refractivity contribution >= 4 is 31.5 Å². The third kappa shape index (κ3) is 4.33. The molecule has 1 N–H and O–H groups in total. The highest BCUT2D eigenvalue weighted by molar-refractivity contribution is 7.32. The molecule has 0 aromatic carbocycles. The second-order valence-corrected chi connectivity index (χ2v) is 4.51. The quantitative estimate of drug-likeness (QED) is 0.435. The Labute approximate surface area is 95.0 Å². The molecule has 1 atom stereocenters. The summed E-state index contributed by atoms with van der Waals surface area (Å²) in [6.45, 7) is 5.48. The standard InChI is InChI=1S/C8H15Cl2O3P/c1-7(2)8(3-5-9,4-6-10)13-14(11)12/h14H,1,3-6H2,2H3,(H,11,12). The SMILES string of the molecule is C=C(C)C(CCCl)(CCCl)O[PH](=O)O. The Morgan fingerprint density at radius 2 is 1.93 bits per heavy atom. The van der Waals surface area contributed by atoms with Crippen molar-refractivity contribution in [2.75, 3.05) is 11.8 Å². The van der Waals surface area contributed by atoms with Gasteiger partial charge in [-0.1, -0.05) is 6.58 Å². The summed E-state index contributed by atoms with van der Waals surface area (Å²) in [7, 11) is -3.01. The molecule has 0 rings (SSSR count). The fourth-order valence-corrected chi connectivity index (χ4v) is 2.54. The van der Waals surface area contributed by atoms with E-state index >= 15 is 0 Å². The van der Waals surface area contributed by atoms with Gasteiger partial charge in [0.2, 0.25) is 0 Å². The molecule has 84 valence electrons. The molecule has 0 fully saturated rings. The van der Waals surface area contributed by atoms with E-state index in [4.69, 9.17) is 32.6 Å². The van der Waals surface area contributed by atoms with Crippen molar-refractivity contribution in [2.24, 2.45) is 0 Å². The fraction of sp³-hybridized carbons (Fsp3) is 0.750. The van der Waals surface area contributed by atoms with Crippen LogP contribution < -0.4 is 0 Å². The molecule has 3 nitrogen and oxygen atoms in total. The van der Waals surface area contributed by atoms with E-state index in [0.717, 1.165) is 0 Å². The van der Waals surface area contributed by atoms with Gasteiger partial charge in [0.05, 0.1) is 0 Å². The van der Waals surface area contributed by atoms with E-state index in [1.54, 1.807) is 6.92 Å². The number of hydrogen-bond donors (Lipinski definition) is 1. The molecule has 0 bridgehead atoms. The molecule has 0 spiro atoms. The first kappa shape index (κ1) is 14.5. The molecule has 6 heteroatoms. The lowest BCUT2D eigenvalue weighted by molar-refractivity contribution is 0.0951. The van der Waals surface area contributed by atoms with Crippen molar-refractivity contribution in [1.29, 1.82) is 0 Å². The highest BCUT2D eigenvalue weighted by Gasteiger charge is 2.32. The molecule has 0 heterocycles. The molecule has 0 saturated heterocycles. The zero-order valence-corrected chi connectivity index (χ0v) is 10.6. The highest BCUT2D eigenvalue weighted by Crippen LogP contribution is 2.37. The van der Waals surface area contributed by atoms with E-state index in [2.05, 4.69) is 6.58 Å². The maximum Gasteiger partial charge on any atom is 0.317 e. The minimum Gasteiger partial charge on any atom is -0.326 e. The van der Waals surface area contributed by atoms with Crippen molar-refractivity contribution in [3.05, 3.63) is 12.2 Å². The van der Waals surface area contributed by atoms with Gasteiger partial charge in [-0.25, -0.2) is 0 Å². The van der Waals surface area contributed by atoms with Crippen LogP contribution in [0.25, 0.3) is 0 Å². The highest BCUT2D eigenvalue weighted by atomic mass is 35.5. The third-order valence-corrected chi connectivity index (χ3v) is 3.00. The molecule has 14 heavy (non-hydrogen) atoms. The van der Waals surface area contributed by atoms with Gasteiger partial charge in [0.1, 0.15) is 5.60 Å². The summed E-state index contributed by atoms with van der Waals surface area (Å²) in [5.74, 6) is 0.664. The Hall–Kier alpha value is 0.470. The predicted octanol–water partition coefficient (Wildman–Crippen LogP) is 2.96. The number of rotatable bonds is 7. The maximum absolute atomic E-state index is 10.7. The molecular weight excluding hydrogens is 246 g/mol. The monoisotopic (exact) mass is 260 g/mol. The maximum atomic E-state index is 10.7. The summed E-state index contributed by atoms with van der Waals surface area (Å²) in [4.78, 5) is 8.79. The zero-order chi connectivity index (χ0) is 11.2. The Morgan fingerprint density at radius 3 is 2.14 bits per heavy atom. The third-order valence-electron chi connectivity index (χ3n) is 2.06. The van der Waals surface area contributed by atoms with Crippen LogP contribution in [0.3, 0.4) is 0 Å². The lowest BCUT2D eigenvalue weighted by atomic mass is 9.90. The normalized spacial score (nSPS) is 14.0. The van der Waals surface area contributed by atoms with E-state index in [-0.39, 0.29) is 0 Å². The van der Waals surface area contributed by atoms with E-state index in [0.29, 0.717) is 30.2 Å². The van der Waals surface area contributed by atoms with Gasteiger partial charge < -0.3 is 4.89 Å².